The number of hydrogen-bond acceptors (Lipinski definition) is 10. The van der Waals surface area contributed by atoms with Crippen molar-refractivity contribution in [3.8, 4) is 5.75 Å². The molecule has 1 N–H and O–H groups in total. The number of amides is 1. The van der Waals surface area contributed by atoms with E-state index in [1.807, 2.05) is 0 Å². The van der Waals surface area contributed by atoms with E-state index >= 15 is 0 Å². The van der Waals surface area contributed by atoms with Gasteiger partial charge in [-0.15, -0.1) is 10.2 Å². The summed E-state index contributed by atoms with van der Waals surface area (Å²) in [6.45, 7) is 2.59. The Hall–Kier alpha value is -4.62. The fraction of sp³-hybridized carbons (Fsp3) is 0.200. The predicted octanol–water partition coefficient (Wildman–Crippen LogP) is 6.68. The second kappa shape index (κ2) is 13.1. The summed E-state index contributed by atoms with van der Waals surface area (Å²) < 4.78 is 19.4. The van der Waals surface area contributed by atoms with Crippen molar-refractivity contribution in [2.75, 3.05) is 11.5 Å². The molecule has 4 aromatic rings. The van der Waals surface area contributed by atoms with Gasteiger partial charge in [-0.25, -0.2) is 4.39 Å². The number of nitrogens with zero attached hydrogens (tertiary/aromatic N) is 4. The Kier molecular flexibility index (Phi) is 9.12. The lowest BCUT2D eigenvalue weighted by Gasteiger charge is -2.22. The number of aromatic nitrogens is 2. The van der Waals surface area contributed by atoms with E-state index in [1.54, 1.807) is 36.4 Å². The number of carbonyl (C=O) groups is 2. The molecule has 1 aliphatic rings. The van der Waals surface area contributed by atoms with Gasteiger partial charge in [0, 0.05) is 23.4 Å². The van der Waals surface area contributed by atoms with Gasteiger partial charge in [0.15, 0.2) is 4.34 Å². The van der Waals surface area contributed by atoms with Crippen molar-refractivity contribution in [1.82, 2.24) is 10.2 Å². The zero-order valence-corrected chi connectivity index (χ0v) is 24.4. The number of halogens is 1. The highest BCUT2D eigenvalue weighted by Gasteiger charge is 2.48. The molecule has 0 radical (unpaired) electrons. The van der Waals surface area contributed by atoms with Gasteiger partial charge >= 0.3 is 5.91 Å². The predicted molar refractivity (Wildman–Crippen MR) is 161 cm³/mol. The van der Waals surface area contributed by atoms with Crippen LogP contribution in [0.2, 0.25) is 0 Å². The van der Waals surface area contributed by atoms with Crippen molar-refractivity contribution in [1.29, 1.82) is 0 Å². The number of benzene rings is 3. The van der Waals surface area contributed by atoms with Crippen LogP contribution in [0.15, 0.2) is 82.7 Å². The summed E-state index contributed by atoms with van der Waals surface area (Å²) in [5.41, 5.74) is 1.15. The highest BCUT2D eigenvalue weighted by atomic mass is 32.2. The van der Waals surface area contributed by atoms with Gasteiger partial charge in [-0.05, 0) is 66.1 Å². The maximum Gasteiger partial charge on any atom is 0.301 e. The molecule has 5 rings (SSSR count). The summed E-state index contributed by atoms with van der Waals surface area (Å²) in [5, 5.41) is 31.0. The molecule has 220 valence electrons. The van der Waals surface area contributed by atoms with Crippen LogP contribution in [0.4, 0.5) is 15.2 Å². The van der Waals surface area contributed by atoms with Crippen molar-refractivity contribution in [3.63, 3.8) is 0 Å². The number of ether oxygens (including phenoxy) is 1. The minimum Gasteiger partial charge on any atom is -0.507 e. The maximum atomic E-state index is 13.4. The summed E-state index contributed by atoms with van der Waals surface area (Å²) in [7, 11) is 0. The molecule has 1 fully saturated rings. The fourth-order valence-electron chi connectivity index (χ4n) is 4.41. The third-order valence-electron chi connectivity index (χ3n) is 6.64. The molecule has 3 aromatic carbocycles. The van der Waals surface area contributed by atoms with Crippen molar-refractivity contribution >= 4 is 51.4 Å². The van der Waals surface area contributed by atoms with E-state index in [4.69, 9.17) is 4.74 Å². The number of aliphatic hydroxyl groups is 1. The highest BCUT2D eigenvalue weighted by molar-refractivity contribution is 8.00. The molecule has 2 heterocycles. The fourth-order valence-corrected chi connectivity index (χ4v) is 6.23. The number of aliphatic hydroxyl groups excluding tert-OH is 1. The van der Waals surface area contributed by atoms with E-state index in [1.165, 1.54) is 48.2 Å². The van der Waals surface area contributed by atoms with Crippen LogP contribution in [0.25, 0.3) is 5.76 Å². The lowest BCUT2D eigenvalue weighted by atomic mass is 9.95. The Morgan fingerprint density at radius 2 is 1.77 bits per heavy atom. The minimum absolute atomic E-state index is 0.116. The Bertz CT molecular complexity index is 1670. The molecule has 1 atom stereocenters. The van der Waals surface area contributed by atoms with Gasteiger partial charge in [-0.3, -0.25) is 24.6 Å². The SMILES string of the molecule is CCCCOc1ccc(/C(O)=C2\C(=O)C(=O)N(c3nnc(SCc4ccc(F)cc4)s3)C2c2ccc([N+](=O)[O-])cc2)cc1. The monoisotopic (exact) mass is 620 g/mol. The van der Waals surface area contributed by atoms with Crippen LogP contribution in [-0.2, 0) is 15.3 Å². The average molecular weight is 621 g/mol. The Morgan fingerprint density at radius 3 is 2.42 bits per heavy atom. The lowest BCUT2D eigenvalue weighted by Crippen LogP contribution is -2.29. The maximum absolute atomic E-state index is 13.4. The first-order valence-corrected chi connectivity index (χ1v) is 15.1. The molecule has 1 saturated heterocycles. The number of nitro groups is 1. The number of rotatable bonds is 11. The minimum atomic E-state index is -1.12. The largest absolute Gasteiger partial charge is 0.507 e. The van der Waals surface area contributed by atoms with E-state index < -0.39 is 28.4 Å². The highest BCUT2D eigenvalue weighted by Crippen LogP contribution is 2.44. The van der Waals surface area contributed by atoms with Crippen molar-refractivity contribution < 1.29 is 28.7 Å². The molecule has 1 unspecified atom stereocenters. The Morgan fingerprint density at radius 1 is 1.07 bits per heavy atom. The second-order valence-electron chi connectivity index (χ2n) is 9.51. The Balaban J connectivity index is 1.50. The van der Waals surface area contributed by atoms with Crippen LogP contribution in [0.5, 0.6) is 5.75 Å². The molecule has 1 aliphatic heterocycles. The number of hydrogen-bond donors (Lipinski definition) is 1. The second-order valence-corrected chi connectivity index (χ2v) is 11.7. The molecular formula is C30H25FN4O6S2. The van der Waals surface area contributed by atoms with Gasteiger partial charge in [0.25, 0.3) is 11.5 Å². The van der Waals surface area contributed by atoms with Crippen LogP contribution >= 0.6 is 23.1 Å². The van der Waals surface area contributed by atoms with Gasteiger partial charge in [-0.1, -0.05) is 48.6 Å². The number of nitro benzene ring substituents is 1. The van der Waals surface area contributed by atoms with Gasteiger partial charge < -0.3 is 9.84 Å². The molecule has 43 heavy (non-hydrogen) atoms. The molecule has 10 nitrogen and oxygen atoms in total. The van der Waals surface area contributed by atoms with Gasteiger partial charge in [0.2, 0.25) is 5.13 Å². The van der Waals surface area contributed by atoms with E-state index in [0.717, 1.165) is 34.6 Å². The molecule has 13 heteroatoms. The molecule has 1 amide bonds. The molecule has 0 bridgehead atoms. The third-order valence-corrected chi connectivity index (χ3v) is 8.76. The molecule has 0 spiro atoms. The first-order chi connectivity index (χ1) is 20.8. The quantitative estimate of drug-likeness (QED) is 0.0284. The van der Waals surface area contributed by atoms with Crippen molar-refractivity contribution in [2.45, 2.75) is 35.9 Å². The number of ketones is 1. The van der Waals surface area contributed by atoms with E-state index in [2.05, 4.69) is 17.1 Å². The molecule has 0 aliphatic carbocycles. The number of thioether (sulfide) groups is 1. The number of carbonyl (C=O) groups excluding carboxylic acids is 2. The van der Waals surface area contributed by atoms with Crippen molar-refractivity contribution in [2.24, 2.45) is 0 Å². The van der Waals surface area contributed by atoms with E-state index in [0.29, 0.717) is 33.6 Å². The van der Waals surface area contributed by atoms with Crippen LogP contribution in [0.3, 0.4) is 0 Å². The van der Waals surface area contributed by atoms with E-state index in [-0.39, 0.29) is 22.2 Å². The molecule has 1 aromatic heterocycles. The first-order valence-electron chi connectivity index (χ1n) is 13.3. The number of unbranched alkanes of at least 4 members (excludes halogenated alkanes) is 1. The summed E-state index contributed by atoms with van der Waals surface area (Å²) in [6.07, 6.45) is 1.86. The first kappa shape index (κ1) is 29.9. The Labute approximate surface area is 254 Å². The smallest absolute Gasteiger partial charge is 0.301 e. The van der Waals surface area contributed by atoms with Crippen LogP contribution < -0.4 is 9.64 Å². The summed E-state index contributed by atoms with van der Waals surface area (Å²) in [5.74, 6) is -1.53. The van der Waals surface area contributed by atoms with Crippen LogP contribution in [0, 0.1) is 15.9 Å². The zero-order valence-electron chi connectivity index (χ0n) is 22.8. The number of Topliss-reactive ketones (excluding diaryl/α,β-unsaturated/α-hetero) is 1. The third kappa shape index (κ3) is 6.57. The lowest BCUT2D eigenvalue weighted by molar-refractivity contribution is -0.384. The summed E-state index contributed by atoms with van der Waals surface area (Å²) in [4.78, 5) is 38.7. The summed E-state index contributed by atoms with van der Waals surface area (Å²) in [6, 6.07) is 16.8. The van der Waals surface area contributed by atoms with Crippen LogP contribution in [-0.4, -0.2) is 38.5 Å². The summed E-state index contributed by atoms with van der Waals surface area (Å²) >= 11 is 2.40. The van der Waals surface area contributed by atoms with E-state index in [9.17, 15) is 29.2 Å². The van der Waals surface area contributed by atoms with Gasteiger partial charge in [-0.2, -0.15) is 0 Å². The van der Waals surface area contributed by atoms with Gasteiger partial charge in [0.1, 0.15) is 17.3 Å². The average Bonchev–Trinajstić information content (AvgIpc) is 3.58. The standard InChI is InChI=1S/C30H25FN4O6S2/c1-2-3-16-41-23-14-8-20(9-15-23)26(36)24-25(19-6-12-22(13-7-19)35(39)40)34(28(38)27(24)37)29-32-33-30(43-29)42-17-18-4-10-21(31)11-5-18/h4-15,25,36H,2-3,16-17H2,1H3/b26-24+. The normalized spacial score (nSPS) is 16.0. The van der Waals surface area contributed by atoms with Crippen molar-refractivity contribution in [3.05, 3.63) is 111 Å². The number of anilines is 1. The van der Waals surface area contributed by atoms with Crippen LogP contribution in [0.1, 0.15) is 42.5 Å². The van der Waals surface area contributed by atoms with Gasteiger partial charge in [0.05, 0.1) is 23.1 Å². The number of non-ortho nitro benzene ring substituents is 1. The molecular weight excluding hydrogens is 595 g/mol. The molecule has 0 saturated carbocycles. The zero-order chi connectivity index (χ0) is 30.5. The topological polar surface area (TPSA) is 136 Å².